The summed E-state index contributed by atoms with van der Waals surface area (Å²) in [5.74, 6) is 0. The molecule has 0 amide bonds. The van der Waals surface area contributed by atoms with E-state index in [1.165, 1.54) is 21.8 Å². The lowest BCUT2D eigenvalue weighted by Gasteiger charge is -2.15. The molecule has 0 saturated carbocycles. The van der Waals surface area contributed by atoms with E-state index in [-0.39, 0.29) is 0 Å². The fraction of sp³-hybridized carbons (Fsp3) is 0. The highest BCUT2D eigenvalue weighted by Crippen LogP contribution is 2.42. The van der Waals surface area contributed by atoms with Crippen molar-refractivity contribution in [3.63, 3.8) is 0 Å². The van der Waals surface area contributed by atoms with Crippen LogP contribution in [0.5, 0.6) is 0 Å². The second kappa shape index (κ2) is 10.9. The predicted molar refractivity (Wildman–Crippen MR) is 195 cm³/mol. The molecule has 9 rings (SSSR count). The van der Waals surface area contributed by atoms with Crippen LogP contribution in [0.3, 0.4) is 0 Å². The molecule has 7 aromatic carbocycles. The number of hydrogen-bond acceptors (Lipinski definition) is 2. The summed E-state index contributed by atoms with van der Waals surface area (Å²) in [4.78, 5) is 0. The van der Waals surface area contributed by atoms with Gasteiger partial charge < -0.3 is 9.13 Å². The maximum Gasteiger partial charge on any atom is 0.0991 e. The average Bonchev–Trinajstić information content (AvgIpc) is 3.67. The zero-order valence-corrected chi connectivity index (χ0v) is 25.8. The Labute approximate surface area is 277 Å². The van der Waals surface area contributed by atoms with Crippen LogP contribution in [-0.4, -0.2) is 9.13 Å². The molecule has 0 N–H and O–H groups in total. The van der Waals surface area contributed by atoms with E-state index in [4.69, 9.17) is 0 Å². The lowest BCUT2D eigenvalue weighted by atomic mass is 9.92. The van der Waals surface area contributed by atoms with Crippen molar-refractivity contribution in [1.82, 2.24) is 9.13 Å². The molecule has 0 aliphatic rings. The first-order valence-corrected chi connectivity index (χ1v) is 15.9. The van der Waals surface area contributed by atoms with Crippen LogP contribution >= 0.6 is 0 Å². The molecule has 4 nitrogen and oxygen atoms in total. The molecule has 2 heterocycles. The van der Waals surface area contributed by atoms with Crippen molar-refractivity contribution in [3.8, 4) is 45.8 Å². The molecule has 0 fully saturated rings. The molecule has 0 spiro atoms. The van der Waals surface area contributed by atoms with Crippen LogP contribution in [0.2, 0.25) is 0 Å². The number of para-hydroxylation sites is 3. The molecule has 9 aromatic rings. The minimum atomic E-state index is 0.617. The van der Waals surface area contributed by atoms with Crippen molar-refractivity contribution in [1.29, 1.82) is 10.5 Å². The Balaban J connectivity index is 1.31. The number of aromatic nitrogens is 2. The SMILES string of the molecule is N#Cc1ccc(-n2c3ccc(C#N)cc3c3cc(-c4ccccc4-c4cccc5c6ccccc6n(-c6ccccc6)c45)ccc32)cc1. The van der Waals surface area contributed by atoms with E-state index < -0.39 is 0 Å². The fourth-order valence-corrected chi connectivity index (χ4v) is 7.27. The summed E-state index contributed by atoms with van der Waals surface area (Å²) in [6, 6.07) is 59.1. The topological polar surface area (TPSA) is 57.4 Å². The van der Waals surface area contributed by atoms with E-state index in [1.807, 2.05) is 42.5 Å². The molecule has 0 saturated heterocycles. The van der Waals surface area contributed by atoms with Crippen LogP contribution < -0.4 is 0 Å². The van der Waals surface area contributed by atoms with Crippen LogP contribution in [0, 0.1) is 22.7 Å². The van der Waals surface area contributed by atoms with Gasteiger partial charge in [0, 0.05) is 38.5 Å². The van der Waals surface area contributed by atoms with Gasteiger partial charge in [-0.25, -0.2) is 0 Å². The van der Waals surface area contributed by atoms with Crippen molar-refractivity contribution < 1.29 is 0 Å². The van der Waals surface area contributed by atoms with Gasteiger partial charge in [0.25, 0.3) is 0 Å². The zero-order chi connectivity index (χ0) is 32.2. The Kier molecular flexibility index (Phi) is 6.22. The van der Waals surface area contributed by atoms with Gasteiger partial charge in [0.15, 0.2) is 0 Å². The third kappa shape index (κ3) is 4.14. The second-order valence-corrected chi connectivity index (χ2v) is 12.0. The molecule has 48 heavy (non-hydrogen) atoms. The molecule has 222 valence electrons. The van der Waals surface area contributed by atoms with Crippen LogP contribution in [0.4, 0.5) is 0 Å². The van der Waals surface area contributed by atoms with Gasteiger partial charge in [-0.15, -0.1) is 0 Å². The number of rotatable bonds is 4. The molecule has 0 aliphatic heterocycles. The standard InChI is InChI=1S/C44H26N4/c45-27-29-17-21-33(22-18-29)47-42-23-19-30(28-46)25-39(42)40-26-31(20-24-43(40)47)34-11-4-5-12-35(34)37-14-8-15-38-36-13-6-7-16-41(36)48(44(37)38)32-9-2-1-3-10-32/h1-26H. The highest BCUT2D eigenvalue weighted by molar-refractivity contribution is 6.15. The Morgan fingerprint density at radius 2 is 0.958 bits per heavy atom. The minimum Gasteiger partial charge on any atom is -0.309 e. The van der Waals surface area contributed by atoms with Crippen molar-refractivity contribution in [2.24, 2.45) is 0 Å². The first-order valence-electron chi connectivity index (χ1n) is 15.9. The lowest BCUT2D eigenvalue weighted by molar-refractivity contribution is 1.18. The van der Waals surface area contributed by atoms with Crippen molar-refractivity contribution in [2.45, 2.75) is 0 Å². The molecular formula is C44H26N4. The molecule has 0 unspecified atom stereocenters. The summed E-state index contributed by atoms with van der Waals surface area (Å²) in [5, 5.41) is 23.7. The first kappa shape index (κ1) is 27.4. The predicted octanol–water partition coefficient (Wildman–Crippen LogP) is 11.0. The van der Waals surface area contributed by atoms with Gasteiger partial charge in [0.2, 0.25) is 0 Å². The number of fused-ring (bicyclic) bond motifs is 6. The van der Waals surface area contributed by atoms with Gasteiger partial charge in [-0.2, -0.15) is 10.5 Å². The smallest absolute Gasteiger partial charge is 0.0991 e. The largest absolute Gasteiger partial charge is 0.309 e. The van der Waals surface area contributed by atoms with Crippen molar-refractivity contribution in [2.75, 3.05) is 0 Å². The maximum atomic E-state index is 9.80. The monoisotopic (exact) mass is 610 g/mol. The third-order valence-electron chi connectivity index (χ3n) is 9.39. The quantitative estimate of drug-likeness (QED) is 0.199. The van der Waals surface area contributed by atoms with Crippen molar-refractivity contribution >= 4 is 43.6 Å². The number of nitrogens with zero attached hydrogens (tertiary/aromatic N) is 4. The van der Waals surface area contributed by atoms with E-state index in [0.717, 1.165) is 55.4 Å². The minimum absolute atomic E-state index is 0.617. The second-order valence-electron chi connectivity index (χ2n) is 12.0. The number of hydrogen-bond donors (Lipinski definition) is 0. The van der Waals surface area contributed by atoms with Crippen LogP contribution in [0.25, 0.3) is 77.2 Å². The van der Waals surface area contributed by atoms with E-state index in [9.17, 15) is 10.5 Å². The lowest BCUT2D eigenvalue weighted by Crippen LogP contribution is -1.96. The summed E-state index contributed by atoms with van der Waals surface area (Å²) in [6.07, 6.45) is 0. The Morgan fingerprint density at radius 3 is 1.75 bits per heavy atom. The van der Waals surface area contributed by atoms with Gasteiger partial charge in [-0.1, -0.05) is 84.9 Å². The molecule has 0 bridgehead atoms. The normalized spacial score (nSPS) is 11.3. The fourth-order valence-electron chi connectivity index (χ4n) is 7.27. The summed E-state index contributed by atoms with van der Waals surface area (Å²) in [6.45, 7) is 0. The van der Waals surface area contributed by atoms with E-state index in [0.29, 0.717) is 11.1 Å². The Bertz CT molecular complexity index is 2790. The van der Waals surface area contributed by atoms with E-state index in [2.05, 4.69) is 137 Å². The number of benzene rings is 7. The Hall–Kier alpha value is -6.88. The molecule has 0 aliphatic carbocycles. The van der Waals surface area contributed by atoms with E-state index in [1.54, 1.807) is 0 Å². The molecular weight excluding hydrogens is 585 g/mol. The van der Waals surface area contributed by atoms with Gasteiger partial charge in [-0.3, -0.25) is 0 Å². The van der Waals surface area contributed by atoms with Crippen molar-refractivity contribution in [3.05, 3.63) is 169 Å². The molecule has 2 aromatic heterocycles. The molecule has 0 radical (unpaired) electrons. The van der Waals surface area contributed by atoms with E-state index >= 15 is 0 Å². The highest BCUT2D eigenvalue weighted by Gasteiger charge is 2.19. The summed E-state index contributed by atoms with van der Waals surface area (Å²) >= 11 is 0. The maximum absolute atomic E-state index is 9.80. The highest BCUT2D eigenvalue weighted by atomic mass is 15.0. The van der Waals surface area contributed by atoms with Gasteiger partial charge in [0.1, 0.15) is 0 Å². The zero-order valence-electron chi connectivity index (χ0n) is 25.8. The first-order chi connectivity index (χ1) is 23.7. The summed E-state index contributed by atoms with van der Waals surface area (Å²) in [5.41, 5.74) is 12.3. The van der Waals surface area contributed by atoms with Crippen LogP contribution in [0.15, 0.2) is 158 Å². The number of nitriles is 2. The summed E-state index contributed by atoms with van der Waals surface area (Å²) in [7, 11) is 0. The summed E-state index contributed by atoms with van der Waals surface area (Å²) < 4.78 is 4.59. The van der Waals surface area contributed by atoms with Gasteiger partial charge >= 0.3 is 0 Å². The van der Waals surface area contributed by atoms with Gasteiger partial charge in [-0.05, 0) is 89.5 Å². The molecule has 0 atom stereocenters. The molecule has 4 heteroatoms. The average molecular weight is 611 g/mol. The van der Waals surface area contributed by atoms with Crippen LogP contribution in [-0.2, 0) is 0 Å². The van der Waals surface area contributed by atoms with Gasteiger partial charge in [0.05, 0.1) is 45.3 Å². The Morgan fingerprint density at radius 1 is 0.375 bits per heavy atom. The third-order valence-corrected chi connectivity index (χ3v) is 9.39. The van der Waals surface area contributed by atoms with Crippen LogP contribution in [0.1, 0.15) is 11.1 Å².